The van der Waals surface area contributed by atoms with Gasteiger partial charge in [0.2, 0.25) is 0 Å². The first kappa shape index (κ1) is 12.4. The van der Waals surface area contributed by atoms with Gasteiger partial charge in [-0.2, -0.15) is 0 Å². The first-order valence-corrected chi connectivity index (χ1v) is 6.59. The van der Waals surface area contributed by atoms with Crippen LogP contribution in [0.2, 0.25) is 0 Å². The van der Waals surface area contributed by atoms with Crippen LogP contribution in [0.1, 0.15) is 10.4 Å². The fraction of sp³-hybridized carbons (Fsp3) is 0.0769. The van der Waals surface area contributed by atoms with E-state index in [4.69, 9.17) is 5.73 Å². The Bertz CT molecular complexity index is 554. The highest BCUT2D eigenvalue weighted by Gasteiger charge is 2.08. The molecule has 1 aromatic carbocycles. The van der Waals surface area contributed by atoms with Crippen LogP contribution in [0.15, 0.2) is 47.5 Å². The van der Waals surface area contributed by atoms with Gasteiger partial charge in [-0.1, -0.05) is 12.1 Å². The molecule has 92 valence electrons. The van der Waals surface area contributed by atoms with Crippen molar-refractivity contribution in [2.45, 2.75) is 4.90 Å². The molecular formula is C13H13N3OS. The number of amides is 1. The third-order valence-electron chi connectivity index (χ3n) is 2.40. The summed E-state index contributed by atoms with van der Waals surface area (Å²) in [6.07, 6.45) is 3.43. The Morgan fingerprint density at radius 2 is 2.06 bits per heavy atom. The molecule has 1 heterocycles. The smallest absolute Gasteiger partial charge is 0.257 e. The number of nitrogens with zero attached hydrogens (tertiary/aromatic N) is 1. The minimum Gasteiger partial charge on any atom is -0.384 e. The molecule has 0 fully saturated rings. The van der Waals surface area contributed by atoms with Gasteiger partial charge in [-0.05, 0) is 30.5 Å². The zero-order valence-electron chi connectivity index (χ0n) is 9.88. The lowest BCUT2D eigenvalue weighted by atomic mass is 10.2. The Morgan fingerprint density at radius 3 is 2.72 bits per heavy atom. The lowest BCUT2D eigenvalue weighted by Crippen LogP contribution is -2.12. The van der Waals surface area contributed by atoms with Gasteiger partial charge in [0.05, 0.1) is 11.3 Å². The highest BCUT2D eigenvalue weighted by Crippen LogP contribution is 2.24. The van der Waals surface area contributed by atoms with Crippen molar-refractivity contribution in [1.29, 1.82) is 0 Å². The lowest BCUT2D eigenvalue weighted by Gasteiger charge is -2.08. The number of rotatable bonds is 3. The van der Waals surface area contributed by atoms with Gasteiger partial charge in [-0.15, -0.1) is 11.8 Å². The maximum Gasteiger partial charge on any atom is 0.257 e. The number of aromatic nitrogens is 1. The Kier molecular flexibility index (Phi) is 3.84. The van der Waals surface area contributed by atoms with Crippen molar-refractivity contribution in [2.24, 2.45) is 0 Å². The number of nitrogen functional groups attached to an aromatic ring is 1. The molecule has 0 radical (unpaired) electrons. The number of benzene rings is 1. The lowest BCUT2D eigenvalue weighted by molar-refractivity contribution is 0.102. The van der Waals surface area contributed by atoms with Crippen LogP contribution >= 0.6 is 11.8 Å². The minimum absolute atomic E-state index is 0.191. The normalized spacial score (nSPS) is 10.1. The van der Waals surface area contributed by atoms with Gasteiger partial charge in [-0.3, -0.25) is 4.79 Å². The SMILES string of the molecule is CSc1ccccc1NC(=O)c1ccc(N)nc1. The summed E-state index contributed by atoms with van der Waals surface area (Å²) in [5.74, 6) is 0.208. The molecule has 0 bridgehead atoms. The molecule has 0 unspecified atom stereocenters. The van der Waals surface area contributed by atoms with E-state index in [1.165, 1.54) is 6.20 Å². The molecule has 1 amide bonds. The number of carbonyl (C=O) groups excluding carboxylic acids is 1. The summed E-state index contributed by atoms with van der Waals surface area (Å²) < 4.78 is 0. The van der Waals surface area contributed by atoms with Gasteiger partial charge in [-0.25, -0.2) is 4.98 Å². The van der Waals surface area contributed by atoms with Crippen molar-refractivity contribution >= 4 is 29.2 Å². The number of nitrogens with two attached hydrogens (primary N) is 1. The van der Waals surface area contributed by atoms with Crippen molar-refractivity contribution in [3.8, 4) is 0 Å². The summed E-state index contributed by atoms with van der Waals surface area (Å²) in [4.78, 5) is 16.9. The molecule has 0 saturated heterocycles. The van der Waals surface area contributed by atoms with Crippen molar-refractivity contribution in [1.82, 2.24) is 4.98 Å². The molecule has 0 aliphatic heterocycles. The molecular weight excluding hydrogens is 246 g/mol. The highest BCUT2D eigenvalue weighted by molar-refractivity contribution is 7.98. The van der Waals surface area contributed by atoms with Crippen LogP contribution in [-0.2, 0) is 0 Å². The standard InChI is InChI=1S/C13H13N3OS/c1-18-11-5-3-2-4-10(11)16-13(17)9-6-7-12(14)15-8-9/h2-8H,1H3,(H2,14,15)(H,16,17). The van der Waals surface area contributed by atoms with E-state index < -0.39 is 0 Å². The molecule has 3 N–H and O–H groups in total. The van der Waals surface area contributed by atoms with Gasteiger partial charge < -0.3 is 11.1 Å². The Morgan fingerprint density at radius 1 is 1.28 bits per heavy atom. The average Bonchev–Trinajstić information content (AvgIpc) is 2.40. The van der Waals surface area contributed by atoms with Crippen LogP contribution in [0.25, 0.3) is 0 Å². The summed E-state index contributed by atoms with van der Waals surface area (Å²) >= 11 is 1.58. The molecule has 0 saturated carbocycles. The first-order chi connectivity index (χ1) is 8.70. The predicted octanol–water partition coefficient (Wildman–Crippen LogP) is 2.64. The molecule has 5 heteroatoms. The van der Waals surface area contributed by atoms with E-state index in [9.17, 15) is 4.79 Å². The molecule has 0 spiro atoms. The molecule has 1 aromatic heterocycles. The second kappa shape index (κ2) is 5.55. The van der Waals surface area contributed by atoms with Crippen molar-refractivity contribution < 1.29 is 4.79 Å². The van der Waals surface area contributed by atoms with E-state index in [1.807, 2.05) is 30.5 Å². The van der Waals surface area contributed by atoms with E-state index in [0.717, 1.165) is 10.6 Å². The highest BCUT2D eigenvalue weighted by atomic mass is 32.2. The zero-order valence-corrected chi connectivity index (χ0v) is 10.7. The fourth-order valence-corrected chi connectivity index (χ4v) is 2.04. The second-order valence-electron chi connectivity index (χ2n) is 3.63. The molecule has 0 aliphatic carbocycles. The van der Waals surface area contributed by atoms with Crippen LogP contribution in [0.3, 0.4) is 0 Å². The van der Waals surface area contributed by atoms with Gasteiger partial charge >= 0.3 is 0 Å². The van der Waals surface area contributed by atoms with Gasteiger partial charge in [0.15, 0.2) is 0 Å². The number of para-hydroxylation sites is 1. The third kappa shape index (κ3) is 2.81. The van der Waals surface area contributed by atoms with Crippen LogP contribution in [0.4, 0.5) is 11.5 Å². The van der Waals surface area contributed by atoms with Crippen molar-refractivity contribution in [2.75, 3.05) is 17.3 Å². The minimum atomic E-state index is -0.191. The summed E-state index contributed by atoms with van der Waals surface area (Å²) in [5.41, 5.74) is 6.76. The molecule has 2 aromatic rings. The third-order valence-corrected chi connectivity index (χ3v) is 3.20. The number of pyridine rings is 1. The quantitative estimate of drug-likeness (QED) is 0.831. The second-order valence-corrected chi connectivity index (χ2v) is 4.47. The number of hydrogen-bond acceptors (Lipinski definition) is 4. The van der Waals surface area contributed by atoms with Crippen LogP contribution < -0.4 is 11.1 Å². The molecule has 4 nitrogen and oxygen atoms in total. The number of nitrogens with one attached hydrogen (secondary N) is 1. The van der Waals surface area contributed by atoms with Gasteiger partial charge in [0.25, 0.3) is 5.91 Å². The number of anilines is 2. The molecule has 0 aliphatic rings. The Labute approximate surface area is 110 Å². The molecule has 2 rings (SSSR count). The Hall–Kier alpha value is -2.01. The van der Waals surface area contributed by atoms with Gasteiger partial charge in [0.1, 0.15) is 5.82 Å². The average molecular weight is 259 g/mol. The largest absolute Gasteiger partial charge is 0.384 e. The zero-order chi connectivity index (χ0) is 13.0. The van der Waals surface area contributed by atoms with E-state index in [-0.39, 0.29) is 5.91 Å². The first-order valence-electron chi connectivity index (χ1n) is 5.36. The number of hydrogen-bond donors (Lipinski definition) is 2. The van der Waals surface area contributed by atoms with E-state index in [2.05, 4.69) is 10.3 Å². The van der Waals surface area contributed by atoms with Crippen molar-refractivity contribution in [3.05, 3.63) is 48.2 Å². The fourth-order valence-electron chi connectivity index (χ4n) is 1.48. The van der Waals surface area contributed by atoms with Crippen LogP contribution in [0.5, 0.6) is 0 Å². The van der Waals surface area contributed by atoms with E-state index in [1.54, 1.807) is 23.9 Å². The molecule has 18 heavy (non-hydrogen) atoms. The van der Waals surface area contributed by atoms with Crippen LogP contribution in [0, 0.1) is 0 Å². The summed E-state index contributed by atoms with van der Waals surface area (Å²) in [7, 11) is 0. The van der Waals surface area contributed by atoms with Crippen molar-refractivity contribution in [3.63, 3.8) is 0 Å². The number of thioether (sulfide) groups is 1. The topological polar surface area (TPSA) is 68.0 Å². The predicted molar refractivity (Wildman–Crippen MR) is 74.8 cm³/mol. The number of carbonyl (C=O) groups is 1. The summed E-state index contributed by atoms with van der Waals surface area (Å²) in [6, 6.07) is 10.9. The van der Waals surface area contributed by atoms with E-state index >= 15 is 0 Å². The van der Waals surface area contributed by atoms with Crippen LogP contribution in [-0.4, -0.2) is 17.1 Å². The maximum absolute atomic E-state index is 12.0. The van der Waals surface area contributed by atoms with E-state index in [0.29, 0.717) is 11.4 Å². The Balaban J connectivity index is 2.18. The monoisotopic (exact) mass is 259 g/mol. The summed E-state index contributed by atoms with van der Waals surface area (Å²) in [5, 5.41) is 2.86. The summed E-state index contributed by atoms with van der Waals surface area (Å²) in [6.45, 7) is 0. The van der Waals surface area contributed by atoms with Gasteiger partial charge in [0, 0.05) is 11.1 Å². The maximum atomic E-state index is 12.0. The molecule has 0 atom stereocenters.